The van der Waals surface area contributed by atoms with Gasteiger partial charge in [-0.1, -0.05) is 20.8 Å². The number of ether oxygens (including phenoxy) is 1. The zero-order chi connectivity index (χ0) is 15.6. The molecule has 2 fully saturated rings. The highest BCUT2D eigenvalue weighted by Gasteiger charge is 2.46. The molecule has 1 amide bonds. The van der Waals surface area contributed by atoms with Crippen LogP contribution in [0.25, 0.3) is 0 Å². The number of aliphatic carboxylic acids is 1. The summed E-state index contributed by atoms with van der Waals surface area (Å²) in [7, 11) is 0. The maximum absolute atomic E-state index is 12.4. The van der Waals surface area contributed by atoms with Gasteiger partial charge in [0, 0.05) is 25.2 Å². The quantitative estimate of drug-likeness (QED) is 0.836. The molecule has 3 atom stereocenters. The summed E-state index contributed by atoms with van der Waals surface area (Å²) in [4.78, 5) is 23.7. The molecule has 1 saturated carbocycles. The molecule has 5 heteroatoms. The van der Waals surface area contributed by atoms with Crippen LogP contribution in [-0.2, 0) is 14.3 Å². The Bertz CT molecular complexity index is 401. The molecule has 1 saturated heterocycles. The van der Waals surface area contributed by atoms with Crippen LogP contribution in [0.2, 0.25) is 0 Å². The average molecular weight is 297 g/mol. The van der Waals surface area contributed by atoms with Gasteiger partial charge in [-0.05, 0) is 37.0 Å². The van der Waals surface area contributed by atoms with Crippen LogP contribution in [0.4, 0.5) is 0 Å². The van der Waals surface area contributed by atoms with E-state index in [1.54, 1.807) is 0 Å². The van der Waals surface area contributed by atoms with Crippen molar-refractivity contribution in [1.82, 2.24) is 5.32 Å². The summed E-state index contributed by atoms with van der Waals surface area (Å²) in [6.45, 7) is 7.38. The predicted octanol–water partition coefficient (Wildman–Crippen LogP) is 2.05. The largest absolute Gasteiger partial charge is 0.481 e. The normalized spacial score (nSPS) is 33.4. The molecule has 120 valence electrons. The first-order valence-corrected chi connectivity index (χ1v) is 7.95. The highest BCUT2D eigenvalue weighted by molar-refractivity contribution is 5.79. The van der Waals surface area contributed by atoms with Crippen molar-refractivity contribution >= 4 is 11.9 Å². The van der Waals surface area contributed by atoms with Gasteiger partial charge in [0.2, 0.25) is 5.91 Å². The average Bonchev–Trinajstić information content (AvgIpc) is 2.44. The monoisotopic (exact) mass is 297 g/mol. The molecular formula is C16H27NO4. The molecule has 21 heavy (non-hydrogen) atoms. The number of amides is 1. The first kappa shape index (κ1) is 16.3. The second-order valence-electron chi connectivity index (χ2n) is 7.08. The lowest BCUT2D eigenvalue weighted by atomic mass is 9.61. The number of hydrogen-bond acceptors (Lipinski definition) is 3. The van der Waals surface area contributed by atoms with Crippen molar-refractivity contribution in [3.63, 3.8) is 0 Å². The number of rotatable bonds is 3. The molecule has 2 aliphatic rings. The van der Waals surface area contributed by atoms with Crippen LogP contribution in [0.3, 0.4) is 0 Å². The van der Waals surface area contributed by atoms with Crippen molar-refractivity contribution in [3.05, 3.63) is 0 Å². The van der Waals surface area contributed by atoms with E-state index in [-0.39, 0.29) is 35.1 Å². The predicted molar refractivity (Wildman–Crippen MR) is 78.8 cm³/mol. The molecule has 0 bridgehead atoms. The van der Waals surface area contributed by atoms with Crippen LogP contribution in [0.15, 0.2) is 0 Å². The Labute approximate surface area is 126 Å². The summed E-state index contributed by atoms with van der Waals surface area (Å²) in [5.74, 6) is -0.744. The van der Waals surface area contributed by atoms with Gasteiger partial charge in [0.05, 0.1) is 5.92 Å². The molecule has 5 nitrogen and oxygen atoms in total. The third-order valence-corrected chi connectivity index (χ3v) is 5.66. The van der Waals surface area contributed by atoms with Gasteiger partial charge in [-0.2, -0.15) is 0 Å². The third-order valence-electron chi connectivity index (χ3n) is 5.66. The molecule has 0 radical (unpaired) electrons. The Balaban J connectivity index is 1.98. The van der Waals surface area contributed by atoms with Crippen molar-refractivity contribution in [3.8, 4) is 0 Å². The molecule has 0 aromatic heterocycles. The summed E-state index contributed by atoms with van der Waals surface area (Å²) in [5, 5.41) is 12.5. The minimum absolute atomic E-state index is 0.0475. The van der Waals surface area contributed by atoms with Crippen molar-refractivity contribution in [2.24, 2.45) is 23.2 Å². The Morgan fingerprint density at radius 2 is 1.76 bits per heavy atom. The van der Waals surface area contributed by atoms with E-state index in [0.717, 1.165) is 19.3 Å². The van der Waals surface area contributed by atoms with Gasteiger partial charge >= 0.3 is 5.97 Å². The fourth-order valence-corrected chi connectivity index (χ4v) is 3.70. The van der Waals surface area contributed by atoms with Gasteiger partial charge in [0.1, 0.15) is 0 Å². The number of hydrogen-bond donors (Lipinski definition) is 2. The number of carboxylic acids is 1. The molecule has 1 heterocycles. The van der Waals surface area contributed by atoms with Crippen LogP contribution in [0.5, 0.6) is 0 Å². The highest BCUT2D eigenvalue weighted by Crippen LogP contribution is 2.45. The number of carbonyl (C=O) groups excluding carboxylic acids is 1. The van der Waals surface area contributed by atoms with Crippen molar-refractivity contribution < 1.29 is 19.4 Å². The Hall–Kier alpha value is -1.10. The topological polar surface area (TPSA) is 75.6 Å². The van der Waals surface area contributed by atoms with E-state index in [4.69, 9.17) is 4.74 Å². The number of carboxylic acid groups (broad SMARTS) is 1. The SMILES string of the molecule is CC1C(NC(=O)C2CCOCC2)CCC(C(=O)O)C1(C)C. The van der Waals surface area contributed by atoms with Gasteiger partial charge in [-0.15, -0.1) is 0 Å². The minimum atomic E-state index is -0.721. The Kier molecular flexibility index (Phi) is 4.91. The fourth-order valence-electron chi connectivity index (χ4n) is 3.70. The van der Waals surface area contributed by atoms with Crippen LogP contribution < -0.4 is 5.32 Å². The van der Waals surface area contributed by atoms with E-state index >= 15 is 0 Å². The zero-order valence-corrected chi connectivity index (χ0v) is 13.2. The van der Waals surface area contributed by atoms with Gasteiger partial charge < -0.3 is 15.2 Å². The standard InChI is InChI=1S/C16H27NO4/c1-10-13(5-4-12(15(19)20)16(10,2)3)17-14(18)11-6-8-21-9-7-11/h10-13H,4-9H2,1-3H3,(H,17,18)(H,19,20). The van der Waals surface area contributed by atoms with E-state index in [1.165, 1.54) is 0 Å². The van der Waals surface area contributed by atoms with Gasteiger partial charge in [0.25, 0.3) is 0 Å². The van der Waals surface area contributed by atoms with Crippen molar-refractivity contribution in [2.75, 3.05) is 13.2 Å². The lowest BCUT2D eigenvalue weighted by Gasteiger charge is -2.46. The van der Waals surface area contributed by atoms with Crippen molar-refractivity contribution in [1.29, 1.82) is 0 Å². The van der Waals surface area contributed by atoms with E-state index in [9.17, 15) is 14.7 Å². The molecular weight excluding hydrogens is 270 g/mol. The summed E-state index contributed by atoms with van der Waals surface area (Å²) in [6.07, 6.45) is 2.95. The van der Waals surface area contributed by atoms with E-state index in [0.29, 0.717) is 19.6 Å². The molecule has 0 aromatic carbocycles. The van der Waals surface area contributed by atoms with Crippen LogP contribution in [0, 0.1) is 23.2 Å². The molecule has 1 aliphatic heterocycles. The van der Waals surface area contributed by atoms with Crippen LogP contribution in [-0.4, -0.2) is 36.2 Å². The smallest absolute Gasteiger partial charge is 0.307 e. The van der Waals surface area contributed by atoms with Gasteiger partial charge in [-0.3, -0.25) is 9.59 Å². The van der Waals surface area contributed by atoms with Crippen LogP contribution in [0.1, 0.15) is 46.5 Å². The van der Waals surface area contributed by atoms with Gasteiger partial charge in [-0.25, -0.2) is 0 Å². The lowest BCUT2D eigenvalue weighted by molar-refractivity contribution is -0.150. The van der Waals surface area contributed by atoms with E-state index in [2.05, 4.69) is 12.2 Å². The van der Waals surface area contributed by atoms with E-state index in [1.807, 2.05) is 13.8 Å². The summed E-state index contributed by atoms with van der Waals surface area (Å²) >= 11 is 0. The maximum Gasteiger partial charge on any atom is 0.307 e. The van der Waals surface area contributed by atoms with Crippen LogP contribution >= 0.6 is 0 Å². The minimum Gasteiger partial charge on any atom is -0.481 e. The van der Waals surface area contributed by atoms with E-state index < -0.39 is 5.97 Å². The number of nitrogens with one attached hydrogen (secondary N) is 1. The fraction of sp³-hybridized carbons (Fsp3) is 0.875. The molecule has 0 aromatic rings. The van der Waals surface area contributed by atoms with Gasteiger partial charge in [0.15, 0.2) is 0 Å². The molecule has 3 unspecified atom stereocenters. The number of carbonyl (C=O) groups is 2. The molecule has 2 N–H and O–H groups in total. The summed E-state index contributed by atoms with van der Waals surface area (Å²) in [6, 6.07) is 0.0749. The zero-order valence-electron chi connectivity index (χ0n) is 13.2. The maximum atomic E-state index is 12.4. The highest BCUT2D eigenvalue weighted by atomic mass is 16.5. The van der Waals surface area contributed by atoms with Crippen molar-refractivity contribution in [2.45, 2.75) is 52.5 Å². The lowest BCUT2D eigenvalue weighted by Crippen LogP contribution is -2.53. The first-order valence-electron chi connectivity index (χ1n) is 7.95. The molecule has 0 spiro atoms. The second kappa shape index (κ2) is 6.34. The summed E-state index contributed by atoms with van der Waals surface area (Å²) < 4.78 is 5.29. The molecule has 2 rings (SSSR count). The molecule has 1 aliphatic carbocycles. The Morgan fingerprint density at radius 3 is 2.33 bits per heavy atom. The first-order chi connectivity index (χ1) is 9.84. The Morgan fingerprint density at radius 1 is 1.14 bits per heavy atom. The third kappa shape index (κ3) is 3.39. The second-order valence-corrected chi connectivity index (χ2v) is 7.08. The summed E-state index contributed by atoms with van der Waals surface area (Å²) in [5.41, 5.74) is -0.308.